The second kappa shape index (κ2) is 6.68. The minimum absolute atomic E-state index is 0.565. The Morgan fingerprint density at radius 2 is 2.00 bits per heavy atom. The number of rotatable bonds is 4. The van der Waals surface area contributed by atoms with Gasteiger partial charge in [0, 0.05) is 28.5 Å². The maximum atomic E-state index is 6.07. The van der Waals surface area contributed by atoms with Gasteiger partial charge in [0.05, 0.1) is 16.7 Å². The van der Waals surface area contributed by atoms with Crippen LogP contribution in [0.15, 0.2) is 56.6 Å². The van der Waals surface area contributed by atoms with E-state index in [2.05, 4.69) is 15.2 Å². The van der Waals surface area contributed by atoms with Crippen molar-refractivity contribution < 1.29 is 8.83 Å². The van der Waals surface area contributed by atoms with E-state index in [0.29, 0.717) is 16.7 Å². The molecule has 0 aliphatic carbocycles. The van der Waals surface area contributed by atoms with E-state index in [1.165, 1.54) is 0 Å². The average molecular weight is 411 g/mol. The largest absolute Gasteiger partial charge is 0.460 e. The fraction of sp³-hybridized carbons (Fsp3) is 0.150. The maximum absolute atomic E-state index is 6.07. The number of nitrogens with zero attached hydrogens (tertiary/aromatic N) is 4. The minimum atomic E-state index is 0.565. The molecule has 0 atom stereocenters. The summed E-state index contributed by atoms with van der Waals surface area (Å²) in [5.41, 5.74) is 4.51. The van der Waals surface area contributed by atoms with Crippen molar-refractivity contribution >= 4 is 40.0 Å². The minimum Gasteiger partial charge on any atom is -0.460 e. The van der Waals surface area contributed by atoms with E-state index >= 15 is 0 Å². The van der Waals surface area contributed by atoms with Gasteiger partial charge in [-0.3, -0.25) is 4.40 Å². The van der Waals surface area contributed by atoms with Crippen LogP contribution in [0, 0.1) is 13.8 Å². The van der Waals surface area contributed by atoms with Gasteiger partial charge in [-0.25, -0.2) is 4.98 Å². The van der Waals surface area contributed by atoms with Crippen LogP contribution in [-0.4, -0.2) is 19.6 Å². The first-order valence-electron chi connectivity index (χ1n) is 8.66. The molecule has 0 fully saturated rings. The standard InChI is InChI=1S/C20H15ClN4O2S/c1-11-6-16-18(26-11)8-17-20(24-22-10-25(16)17)28-9-15-12(2)27-19(23-15)13-4-3-5-14(21)7-13/h3-8,10H,9H2,1-2H3. The van der Waals surface area contributed by atoms with E-state index in [1.807, 2.05) is 54.6 Å². The van der Waals surface area contributed by atoms with E-state index in [9.17, 15) is 0 Å². The molecule has 1 aromatic carbocycles. The maximum Gasteiger partial charge on any atom is 0.226 e. The number of aryl methyl sites for hydroxylation is 2. The van der Waals surface area contributed by atoms with Crippen LogP contribution >= 0.6 is 23.4 Å². The number of benzene rings is 1. The van der Waals surface area contributed by atoms with Crippen molar-refractivity contribution in [3.8, 4) is 11.5 Å². The summed E-state index contributed by atoms with van der Waals surface area (Å²) in [7, 11) is 0. The lowest BCUT2D eigenvalue weighted by atomic mass is 10.2. The summed E-state index contributed by atoms with van der Waals surface area (Å²) in [5, 5.41) is 9.90. The lowest BCUT2D eigenvalue weighted by molar-refractivity contribution is 0.540. The number of aromatic nitrogens is 4. The predicted molar refractivity (Wildman–Crippen MR) is 109 cm³/mol. The summed E-state index contributed by atoms with van der Waals surface area (Å²) in [5.74, 6) is 2.84. The third-order valence-corrected chi connectivity index (χ3v) is 5.71. The quantitative estimate of drug-likeness (QED) is 0.354. The van der Waals surface area contributed by atoms with Gasteiger partial charge in [-0.1, -0.05) is 29.4 Å². The Morgan fingerprint density at radius 3 is 2.86 bits per heavy atom. The van der Waals surface area contributed by atoms with Crippen molar-refractivity contribution in [2.24, 2.45) is 0 Å². The molecule has 0 amide bonds. The molecule has 0 bridgehead atoms. The normalized spacial score (nSPS) is 11.7. The lowest BCUT2D eigenvalue weighted by Gasteiger charge is -2.01. The van der Waals surface area contributed by atoms with E-state index in [-0.39, 0.29) is 0 Å². The molecule has 6 nitrogen and oxygen atoms in total. The van der Waals surface area contributed by atoms with Gasteiger partial charge in [-0.15, -0.1) is 10.2 Å². The summed E-state index contributed by atoms with van der Waals surface area (Å²) >= 11 is 7.64. The van der Waals surface area contributed by atoms with Crippen LogP contribution < -0.4 is 0 Å². The zero-order valence-corrected chi connectivity index (χ0v) is 16.7. The zero-order valence-electron chi connectivity index (χ0n) is 15.1. The summed E-state index contributed by atoms with van der Waals surface area (Å²) in [6, 6.07) is 11.5. The van der Waals surface area contributed by atoms with Gasteiger partial charge in [0.15, 0.2) is 5.58 Å². The van der Waals surface area contributed by atoms with Crippen LogP contribution in [0.25, 0.3) is 28.1 Å². The van der Waals surface area contributed by atoms with Gasteiger partial charge in [0.2, 0.25) is 5.89 Å². The fourth-order valence-electron chi connectivity index (χ4n) is 3.15. The molecular formula is C20H15ClN4O2S. The summed E-state index contributed by atoms with van der Waals surface area (Å²) < 4.78 is 13.6. The first kappa shape index (κ1) is 17.3. The third kappa shape index (κ3) is 2.96. The highest BCUT2D eigenvalue weighted by atomic mass is 35.5. The van der Waals surface area contributed by atoms with Crippen LogP contribution in [0.4, 0.5) is 0 Å². The summed E-state index contributed by atoms with van der Waals surface area (Å²) in [4.78, 5) is 4.64. The Bertz CT molecular complexity index is 1320. The Morgan fingerprint density at radius 1 is 1.11 bits per heavy atom. The van der Waals surface area contributed by atoms with Gasteiger partial charge in [0.25, 0.3) is 0 Å². The fourth-order valence-corrected chi connectivity index (χ4v) is 4.29. The van der Waals surface area contributed by atoms with Crippen LogP contribution in [0.2, 0.25) is 5.02 Å². The van der Waals surface area contributed by atoms with Crippen molar-refractivity contribution in [3.63, 3.8) is 0 Å². The molecule has 28 heavy (non-hydrogen) atoms. The first-order chi connectivity index (χ1) is 13.6. The van der Waals surface area contributed by atoms with Crippen LogP contribution in [0.3, 0.4) is 0 Å². The molecule has 8 heteroatoms. The molecule has 0 saturated heterocycles. The van der Waals surface area contributed by atoms with Crippen LogP contribution in [0.1, 0.15) is 17.2 Å². The molecule has 0 saturated carbocycles. The third-order valence-electron chi connectivity index (χ3n) is 4.49. The van der Waals surface area contributed by atoms with E-state index < -0.39 is 0 Å². The van der Waals surface area contributed by atoms with E-state index in [0.717, 1.165) is 44.4 Å². The highest BCUT2D eigenvalue weighted by Gasteiger charge is 2.16. The van der Waals surface area contributed by atoms with Gasteiger partial charge in [-0.05, 0) is 32.0 Å². The van der Waals surface area contributed by atoms with Crippen LogP contribution in [0.5, 0.6) is 0 Å². The van der Waals surface area contributed by atoms with Crippen molar-refractivity contribution in [1.82, 2.24) is 19.6 Å². The van der Waals surface area contributed by atoms with Crippen molar-refractivity contribution in [2.75, 3.05) is 0 Å². The molecule has 0 unspecified atom stereocenters. The number of furan rings is 1. The highest BCUT2D eigenvalue weighted by Crippen LogP contribution is 2.32. The van der Waals surface area contributed by atoms with Crippen molar-refractivity contribution in [3.05, 3.63) is 65.0 Å². The number of thioether (sulfide) groups is 1. The Labute approximate surface area is 169 Å². The topological polar surface area (TPSA) is 69.4 Å². The Hall–Kier alpha value is -2.77. The molecule has 5 rings (SSSR count). The highest BCUT2D eigenvalue weighted by molar-refractivity contribution is 7.98. The molecule has 0 spiro atoms. The zero-order chi connectivity index (χ0) is 19.3. The molecule has 5 aromatic rings. The number of halogens is 1. The second-order valence-electron chi connectivity index (χ2n) is 6.46. The van der Waals surface area contributed by atoms with Gasteiger partial charge in [-0.2, -0.15) is 0 Å². The van der Waals surface area contributed by atoms with Gasteiger partial charge < -0.3 is 8.83 Å². The predicted octanol–water partition coefficient (Wildman–Crippen LogP) is 5.69. The lowest BCUT2D eigenvalue weighted by Crippen LogP contribution is -1.94. The first-order valence-corrected chi connectivity index (χ1v) is 10.0. The monoisotopic (exact) mass is 410 g/mol. The van der Waals surface area contributed by atoms with Crippen LogP contribution in [-0.2, 0) is 5.75 Å². The number of hydrogen-bond acceptors (Lipinski definition) is 6. The Balaban J connectivity index is 1.44. The molecule has 4 heterocycles. The summed E-state index contributed by atoms with van der Waals surface area (Å²) in [6.45, 7) is 3.85. The molecule has 0 aliphatic heterocycles. The number of fused-ring (bicyclic) bond motifs is 3. The molecule has 0 N–H and O–H groups in total. The molecular weight excluding hydrogens is 396 g/mol. The van der Waals surface area contributed by atoms with E-state index in [4.69, 9.17) is 20.4 Å². The van der Waals surface area contributed by atoms with Gasteiger partial charge in [0.1, 0.15) is 22.9 Å². The smallest absolute Gasteiger partial charge is 0.226 e. The molecule has 0 radical (unpaired) electrons. The molecule has 140 valence electrons. The Kier molecular flexibility index (Phi) is 4.14. The van der Waals surface area contributed by atoms with Crippen molar-refractivity contribution in [1.29, 1.82) is 0 Å². The molecule has 0 aliphatic rings. The number of hydrogen-bond donors (Lipinski definition) is 0. The number of oxazole rings is 1. The van der Waals surface area contributed by atoms with E-state index in [1.54, 1.807) is 18.1 Å². The molecule has 4 aromatic heterocycles. The summed E-state index contributed by atoms with van der Waals surface area (Å²) in [6.07, 6.45) is 1.70. The second-order valence-corrected chi connectivity index (χ2v) is 7.86. The SMILES string of the molecule is Cc1cc2c(cc3c(SCc4nc(-c5cccc(Cl)c5)oc4C)nncn32)o1. The average Bonchev–Trinajstić information content (AvgIpc) is 3.32. The van der Waals surface area contributed by atoms with Gasteiger partial charge >= 0.3 is 0 Å². The van der Waals surface area contributed by atoms with Crippen molar-refractivity contribution in [2.45, 2.75) is 24.6 Å².